The van der Waals surface area contributed by atoms with E-state index in [1.165, 1.54) is 28.8 Å². The predicted molar refractivity (Wildman–Crippen MR) is 127 cm³/mol. The number of halogens is 1. The van der Waals surface area contributed by atoms with Gasteiger partial charge in [-0.2, -0.15) is 0 Å². The number of hydrogen-bond donors (Lipinski definition) is 2. The van der Waals surface area contributed by atoms with E-state index in [0.29, 0.717) is 22.6 Å². The van der Waals surface area contributed by atoms with Crippen LogP contribution in [0.25, 0.3) is 27.8 Å². The zero-order valence-electron chi connectivity index (χ0n) is 18.7. The molecule has 0 bridgehead atoms. The summed E-state index contributed by atoms with van der Waals surface area (Å²) >= 11 is 0. The van der Waals surface area contributed by atoms with Crippen LogP contribution in [-0.4, -0.2) is 20.2 Å². The molecule has 4 heterocycles. The van der Waals surface area contributed by atoms with Gasteiger partial charge in [-0.15, -0.1) is 0 Å². The van der Waals surface area contributed by atoms with Gasteiger partial charge >= 0.3 is 5.97 Å². The summed E-state index contributed by atoms with van der Waals surface area (Å²) in [5, 5.41) is 11.2. The molecule has 0 fully saturated rings. The van der Waals surface area contributed by atoms with Gasteiger partial charge < -0.3 is 24.7 Å². The standard InChI is InChI=1S/C26H20FN3O5/c1-2-26(34)18-10-20-22-21(11-29(20)24(32)17(18)12-35-25(26)33)30(15-6-4-14(28)5-7-15)19-8-3-13(27)9-16(19)23(22)31/h3-10,34H,2,11-12,28H2,1H3/t26-/m0/s1. The molecule has 0 spiro atoms. The fraction of sp³-hybridized carbons (Fsp3) is 0.192. The molecular formula is C26H20FN3O5. The van der Waals surface area contributed by atoms with Gasteiger partial charge in [0.1, 0.15) is 12.4 Å². The maximum Gasteiger partial charge on any atom is 0.343 e. The Labute approximate surface area is 197 Å². The van der Waals surface area contributed by atoms with Gasteiger partial charge in [0.15, 0.2) is 11.0 Å². The van der Waals surface area contributed by atoms with E-state index in [1.807, 2.05) is 4.57 Å². The quantitative estimate of drug-likeness (QED) is 0.301. The smallest absolute Gasteiger partial charge is 0.343 e. The monoisotopic (exact) mass is 473 g/mol. The third-order valence-corrected chi connectivity index (χ3v) is 6.99. The van der Waals surface area contributed by atoms with Crippen LogP contribution in [0.2, 0.25) is 0 Å². The second-order valence-corrected chi connectivity index (χ2v) is 8.84. The van der Waals surface area contributed by atoms with E-state index in [1.54, 1.807) is 31.2 Å². The fourth-order valence-corrected chi connectivity index (χ4v) is 5.15. The molecule has 2 aliphatic heterocycles. The number of aliphatic hydroxyl groups is 1. The Hall–Kier alpha value is -4.24. The summed E-state index contributed by atoms with van der Waals surface area (Å²) in [5.74, 6) is -1.41. The van der Waals surface area contributed by atoms with Gasteiger partial charge in [0.05, 0.1) is 34.6 Å². The highest BCUT2D eigenvalue weighted by atomic mass is 19.1. The number of nitrogen functional groups attached to an aromatic ring is 1. The maximum absolute atomic E-state index is 14.2. The number of anilines is 1. The van der Waals surface area contributed by atoms with E-state index in [0.717, 1.165) is 0 Å². The first-order chi connectivity index (χ1) is 16.7. The van der Waals surface area contributed by atoms with Crippen molar-refractivity contribution in [3.63, 3.8) is 0 Å². The van der Waals surface area contributed by atoms with Crippen molar-refractivity contribution < 1.29 is 19.0 Å². The van der Waals surface area contributed by atoms with Gasteiger partial charge in [-0.05, 0) is 55.0 Å². The molecule has 3 N–H and O–H groups in total. The maximum atomic E-state index is 14.2. The minimum absolute atomic E-state index is 0.00676. The third-order valence-electron chi connectivity index (χ3n) is 6.99. The summed E-state index contributed by atoms with van der Waals surface area (Å²) in [6.45, 7) is 1.42. The van der Waals surface area contributed by atoms with Gasteiger partial charge in [-0.25, -0.2) is 9.18 Å². The van der Waals surface area contributed by atoms with E-state index < -0.39 is 28.4 Å². The first kappa shape index (κ1) is 21.3. The number of esters is 1. The number of pyridine rings is 2. The van der Waals surface area contributed by atoms with E-state index >= 15 is 0 Å². The fourth-order valence-electron chi connectivity index (χ4n) is 5.15. The molecule has 0 aliphatic carbocycles. The van der Waals surface area contributed by atoms with E-state index in [2.05, 4.69) is 0 Å². The van der Waals surface area contributed by atoms with Crippen molar-refractivity contribution in [2.75, 3.05) is 5.73 Å². The highest BCUT2D eigenvalue weighted by molar-refractivity contribution is 5.89. The number of aromatic nitrogens is 2. The lowest BCUT2D eigenvalue weighted by molar-refractivity contribution is -0.172. The summed E-state index contributed by atoms with van der Waals surface area (Å²) in [6.07, 6.45) is -0.00676. The Kier molecular flexibility index (Phi) is 4.34. The summed E-state index contributed by atoms with van der Waals surface area (Å²) in [7, 11) is 0. The number of hydrogen-bond acceptors (Lipinski definition) is 6. The van der Waals surface area contributed by atoms with Crippen molar-refractivity contribution in [3.05, 3.63) is 91.7 Å². The number of nitrogens with two attached hydrogens (primary N) is 1. The lowest BCUT2D eigenvalue weighted by Gasteiger charge is -2.31. The zero-order valence-corrected chi connectivity index (χ0v) is 18.7. The van der Waals surface area contributed by atoms with Crippen LogP contribution < -0.4 is 16.7 Å². The van der Waals surface area contributed by atoms with E-state index in [4.69, 9.17) is 10.5 Å². The summed E-state index contributed by atoms with van der Waals surface area (Å²) in [6, 6.07) is 12.5. The van der Waals surface area contributed by atoms with Gasteiger partial charge in [0, 0.05) is 22.3 Å². The van der Waals surface area contributed by atoms with Crippen molar-refractivity contribution in [3.8, 4) is 16.9 Å². The Bertz CT molecular complexity index is 1700. The summed E-state index contributed by atoms with van der Waals surface area (Å²) in [4.78, 5) is 39.6. The Balaban J connectivity index is 1.74. The average Bonchev–Trinajstić information content (AvgIpc) is 3.23. The van der Waals surface area contributed by atoms with Gasteiger partial charge in [0.2, 0.25) is 0 Å². The van der Waals surface area contributed by atoms with Crippen molar-refractivity contribution in [2.24, 2.45) is 0 Å². The number of benzene rings is 2. The topological polar surface area (TPSA) is 117 Å². The van der Waals surface area contributed by atoms with Gasteiger partial charge in [-0.1, -0.05) is 6.92 Å². The molecule has 1 atom stereocenters. The molecule has 176 valence electrons. The summed E-state index contributed by atoms with van der Waals surface area (Å²) < 4.78 is 22.6. The molecule has 2 aromatic carbocycles. The van der Waals surface area contributed by atoms with Crippen molar-refractivity contribution >= 4 is 22.6 Å². The molecule has 0 unspecified atom stereocenters. The second-order valence-electron chi connectivity index (χ2n) is 8.84. The molecule has 0 saturated carbocycles. The Morgan fingerprint density at radius 1 is 1.11 bits per heavy atom. The highest BCUT2D eigenvalue weighted by Crippen LogP contribution is 2.39. The van der Waals surface area contributed by atoms with Crippen LogP contribution in [0.5, 0.6) is 0 Å². The number of nitrogens with zero attached hydrogens (tertiary/aromatic N) is 2. The number of cyclic esters (lactones) is 1. The number of carbonyl (C=O) groups is 1. The minimum Gasteiger partial charge on any atom is -0.458 e. The molecule has 0 radical (unpaired) electrons. The zero-order chi connectivity index (χ0) is 24.6. The number of fused-ring (bicyclic) bond motifs is 5. The highest BCUT2D eigenvalue weighted by Gasteiger charge is 2.45. The van der Waals surface area contributed by atoms with Crippen molar-refractivity contribution in [2.45, 2.75) is 32.1 Å². The largest absolute Gasteiger partial charge is 0.458 e. The third kappa shape index (κ3) is 2.78. The van der Waals surface area contributed by atoms with E-state index in [-0.39, 0.29) is 47.3 Å². The van der Waals surface area contributed by atoms with Crippen LogP contribution >= 0.6 is 0 Å². The number of rotatable bonds is 2. The average molecular weight is 473 g/mol. The molecular weight excluding hydrogens is 453 g/mol. The molecule has 9 heteroatoms. The Morgan fingerprint density at radius 2 is 1.86 bits per heavy atom. The molecule has 0 amide bonds. The van der Waals surface area contributed by atoms with Crippen LogP contribution in [0.1, 0.15) is 30.2 Å². The minimum atomic E-state index is -2.00. The van der Waals surface area contributed by atoms with Crippen molar-refractivity contribution in [1.82, 2.24) is 9.13 Å². The molecule has 2 aliphatic rings. The molecule has 4 aromatic rings. The second kappa shape index (κ2) is 7.13. The van der Waals surface area contributed by atoms with Crippen LogP contribution in [0, 0.1) is 5.82 Å². The number of ether oxygens (including phenoxy) is 1. The lowest BCUT2D eigenvalue weighted by atomic mass is 9.85. The van der Waals surface area contributed by atoms with Crippen LogP contribution in [-0.2, 0) is 28.3 Å². The van der Waals surface area contributed by atoms with Crippen molar-refractivity contribution in [1.29, 1.82) is 0 Å². The van der Waals surface area contributed by atoms with Gasteiger partial charge in [0.25, 0.3) is 5.56 Å². The molecule has 0 saturated heterocycles. The predicted octanol–water partition coefficient (Wildman–Crippen LogP) is 2.56. The molecule has 8 nitrogen and oxygen atoms in total. The molecule has 6 rings (SSSR count). The molecule has 2 aromatic heterocycles. The lowest BCUT2D eigenvalue weighted by Crippen LogP contribution is -2.44. The first-order valence-corrected chi connectivity index (χ1v) is 11.1. The van der Waals surface area contributed by atoms with Crippen LogP contribution in [0.15, 0.2) is 58.1 Å². The van der Waals surface area contributed by atoms with Gasteiger partial charge in [-0.3, -0.25) is 9.59 Å². The van der Waals surface area contributed by atoms with Crippen LogP contribution in [0.3, 0.4) is 0 Å². The number of carbonyl (C=O) groups excluding carboxylic acids is 1. The molecule has 35 heavy (non-hydrogen) atoms. The summed E-state index contributed by atoms with van der Waals surface area (Å²) in [5.41, 5.74) is 6.03. The normalized spacial score (nSPS) is 18.2. The first-order valence-electron chi connectivity index (χ1n) is 11.1. The van der Waals surface area contributed by atoms with E-state index in [9.17, 15) is 23.9 Å². The SMILES string of the molecule is CC[C@@]1(O)C(=O)OCc2c1cc1n(c2=O)Cc2c-1c(=O)c1cc(F)ccc1n2-c1ccc(N)cc1. The Morgan fingerprint density at radius 3 is 2.57 bits per heavy atom. The van der Waals surface area contributed by atoms with Crippen LogP contribution in [0.4, 0.5) is 10.1 Å².